The molecular formula is C25H19ClF2N8O. The first-order valence-electron chi connectivity index (χ1n) is 11.6. The Kier molecular flexibility index (Phi) is 5.84. The maximum atomic E-state index is 15.2. The molecule has 5 aromatic rings. The van der Waals surface area contributed by atoms with Gasteiger partial charge < -0.3 is 5.21 Å². The standard InChI is InChI=1S/C25H19ClF2N8O/c26-19-4-6-21(35-14-30-32-33-35)24(25(19)28)17-3-5-20(36(37)13-17)22(9-15-1-2-15)34-12-18(11-31-34)16-7-8-29-23(27)10-16/h3-8,10-15,22H,1-2,9H2/t22-/m1/s1. The fourth-order valence-corrected chi connectivity index (χ4v) is 4.61. The van der Waals surface area contributed by atoms with E-state index in [9.17, 15) is 9.60 Å². The molecule has 37 heavy (non-hydrogen) atoms. The Labute approximate surface area is 214 Å². The van der Waals surface area contributed by atoms with Gasteiger partial charge in [-0.05, 0) is 52.6 Å². The van der Waals surface area contributed by atoms with Crippen LogP contribution in [0, 0.1) is 22.9 Å². The average Bonchev–Trinajstić information content (AvgIpc) is 3.33. The fourth-order valence-electron chi connectivity index (χ4n) is 4.45. The Hall–Kier alpha value is -4.25. The molecule has 1 aromatic carbocycles. The van der Waals surface area contributed by atoms with E-state index in [1.54, 1.807) is 41.3 Å². The van der Waals surface area contributed by atoms with Crippen molar-refractivity contribution in [2.24, 2.45) is 5.92 Å². The molecule has 186 valence electrons. The van der Waals surface area contributed by atoms with Gasteiger partial charge in [-0.15, -0.1) is 5.10 Å². The number of hydrogen-bond acceptors (Lipinski definition) is 6. The van der Waals surface area contributed by atoms with Crippen molar-refractivity contribution in [3.05, 3.63) is 95.2 Å². The highest BCUT2D eigenvalue weighted by atomic mass is 35.5. The highest BCUT2D eigenvalue weighted by Crippen LogP contribution is 2.39. The van der Waals surface area contributed by atoms with E-state index in [1.165, 1.54) is 35.5 Å². The van der Waals surface area contributed by atoms with Crippen LogP contribution in [0.4, 0.5) is 8.78 Å². The van der Waals surface area contributed by atoms with Gasteiger partial charge in [-0.25, -0.2) is 9.37 Å². The second-order valence-electron chi connectivity index (χ2n) is 8.95. The van der Waals surface area contributed by atoms with E-state index in [-0.39, 0.29) is 16.6 Å². The number of halogens is 3. The van der Waals surface area contributed by atoms with Crippen LogP contribution >= 0.6 is 11.6 Å². The third kappa shape index (κ3) is 4.53. The normalized spacial score (nSPS) is 14.1. The summed E-state index contributed by atoms with van der Waals surface area (Å²) < 4.78 is 32.6. The highest BCUT2D eigenvalue weighted by molar-refractivity contribution is 6.31. The van der Waals surface area contributed by atoms with Crippen molar-refractivity contribution >= 4 is 11.6 Å². The third-order valence-corrected chi connectivity index (χ3v) is 6.77. The molecule has 1 fully saturated rings. The van der Waals surface area contributed by atoms with Gasteiger partial charge in [0.05, 0.1) is 28.0 Å². The SMILES string of the molecule is [O-][n+]1cc(-c2c(-n3cnnn3)ccc(Cl)c2F)ccc1[C@@H](CC1CC1)n1cc(-c2ccnc(F)c2)cn1. The van der Waals surface area contributed by atoms with Crippen LogP contribution in [0.3, 0.4) is 0 Å². The zero-order valence-electron chi connectivity index (χ0n) is 19.2. The lowest BCUT2D eigenvalue weighted by atomic mass is 10.0. The summed E-state index contributed by atoms with van der Waals surface area (Å²) in [6, 6.07) is 9.02. The number of tetrazole rings is 1. The molecule has 0 unspecified atom stereocenters. The fraction of sp³-hybridized carbons (Fsp3) is 0.200. The minimum absolute atomic E-state index is 0.0865. The molecule has 1 aliphatic rings. The van der Waals surface area contributed by atoms with Gasteiger partial charge in [-0.3, -0.25) is 4.68 Å². The van der Waals surface area contributed by atoms with E-state index < -0.39 is 11.8 Å². The van der Waals surface area contributed by atoms with Crippen LogP contribution in [0.2, 0.25) is 5.02 Å². The molecule has 1 aliphatic carbocycles. The molecule has 0 amide bonds. The molecular weight excluding hydrogens is 502 g/mol. The number of aromatic nitrogens is 8. The molecule has 1 saturated carbocycles. The molecule has 0 aliphatic heterocycles. The van der Waals surface area contributed by atoms with Gasteiger partial charge in [0.1, 0.15) is 12.4 Å². The molecule has 0 saturated heterocycles. The lowest BCUT2D eigenvalue weighted by Crippen LogP contribution is -2.35. The molecule has 1 atom stereocenters. The summed E-state index contributed by atoms with van der Waals surface area (Å²) in [4.78, 5) is 3.60. The van der Waals surface area contributed by atoms with Crippen molar-refractivity contribution < 1.29 is 13.5 Å². The van der Waals surface area contributed by atoms with Crippen LogP contribution in [0.15, 0.2) is 67.5 Å². The number of hydrogen-bond donors (Lipinski definition) is 0. The number of nitrogens with zero attached hydrogens (tertiary/aromatic N) is 8. The lowest BCUT2D eigenvalue weighted by Gasteiger charge is -2.18. The first-order valence-corrected chi connectivity index (χ1v) is 12.0. The smallest absolute Gasteiger partial charge is 0.217 e. The zero-order valence-corrected chi connectivity index (χ0v) is 20.0. The van der Waals surface area contributed by atoms with Gasteiger partial charge in [0.15, 0.2) is 12.0 Å². The van der Waals surface area contributed by atoms with Gasteiger partial charge in [-0.1, -0.05) is 24.4 Å². The minimum Gasteiger partial charge on any atom is -0.618 e. The Balaban J connectivity index is 1.40. The highest BCUT2D eigenvalue weighted by Gasteiger charge is 2.32. The molecule has 0 radical (unpaired) electrons. The summed E-state index contributed by atoms with van der Waals surface area (Å²) in [6.45, 7) is 0. The van der Waals surface area contributed by atoms with Gasteiger partial charge in [0, 0.05) is 30.1 Å². The van der Waals surface area contributed by atoms with Crippen LogP contribution in [0.25, 0.3) is 27.9 Å². The number of pyridine rings is 2. The third-order valence-electron chi connectivity index (χ3n) is 6.48. The summed E-state index contributed by atoms with van der Waals surface area (Å²) in [5.74, 6) is -0.784. The minimum atomic E-state index is -0.682. The van der Waals surface area contributed by atoms with Crippen LogP contribution < -0.4 is 4.73 Å². The first kappa shape index (κ1) is 23.2. The Bertz CT molecular complexity index is 1590. The maximum absolute atomic E-state index is 15.2. The Morgan fingerprint density at radius 1 is 1.11 bits per heavy atom. The number of rotatable bonds is 7. The monoisotopic (exact) mass is 520 g/mol. The molecule has 9 nitrogen and oxygen atoms in total. The van der Waals surface area contributed by atoms with E-state index in [0.717, 1.165) is 24.0 Å². The average molecular weight is 521 g/mol. The maximum Gasteiger partial charge on any atom is 0.217 e. The molecule has 0 N–H and O–H groups in total. The quantitative estimate of drug-likeness (QED) is 0.177. The van der Waals surface area contributed by atoms with E-state index in [2.05, 4.69) is 25.6 Å². The van der Waals surface area contributed by atoms with Crippen molar-refractivity contribution in [1.29, 1.82) is 0 Å². The van der Waals surface area contributed by atoms with Crippen LogP contribution in [0.1, 0.15) is 31.0 Å². The zero-order chi connectivity index (χ0) is 25.5. The predicted molar refractivity (Wildman–Crippen MR) is 129 cm³/mol. The molecule has 4 aromatic heterocycles. The molecule has 4 heterocycles. The van der Waals surface area contributed by atoms with Crippen molar-refractivity contribution in [1.82, 2.24) is 35.0 Å². The summed E-state index contributed by atoms with van der Waals surface area (Å²) >= 11 is 6.07. The van der Waals surface area contributed by atoms with Gasteiger partial charge >= 0.3 is 0 Å². The van der Waals surface area contributed by atoms with E-state index >= 15 is 4.39 Å². The Morgan fingerprint density at radius 2 is 1.97 bits per heavy atom. The first-order chi connectivity index (χ1) is 18.0. The molecule has 0 spiro atoms. The molecule has 6 rings (SSSR count). The molecule has 0 bridgehead atoms. The van der Waals surface area contributed by atoms with Gasteiger partial charge in [0.25, 0.3) is 0 Å². The van der Waals surface area contributed by atoms with Crippen molar-refractivity contribution in [3.8, 4) is 27.9 Å². The molecule has 12 heteroatoms. The van der Waals surface area contributed by atoms with E-state index in [0.29, 0.717) is 34.0 Å². The summed E-state index contributed by atoms with van der Waals surface area (Å²) in [7, 11) is 0. The van der Waals surface area contributed by atoms with Crippen molar-refractivity contribution in [2.45, 2.75) is 25.3 Å². The van der Waals surface area contributed by atoms with Crippen LogP contribution in [0.5, 0.6) is 0 Å². The van der Waals surface area contributed by atoms with E-state index in [4.69, 9.17) is 11.6 Å². The van der Waals surface area contributed by atoms with Crippen LogP contribution in [-0.2, 0) is 0 Å². The van der Waals surface area contributed by atoms with Gasteiger partial charge in [0.2, 0.25) is 11.6 Å². The van der Waals surface area contributed by atoms with Crippen molar-refractivity contribution in [3.63, 3.8) is 0 Å². The van der Waals surface area contributed by atoms with Crippen LogP contribution in [-0.4, -0.2) is 35.0 Å². The summed E-state index contributed by atoms with van der Waals surface area (Å²) in [5, 5.41) is 28.8. The van der Waals surface area contributed by atoms with E-state index in [1.807, 2.05) is 0 Å². The van der Waals surface area contributed by atoms with Crippen molar-refractivity contribution in [2.75, 3.05) is 0 Å². The lowest BCUT2D eigenvalue weighted by molar-refractivity contribution is -0.615. The topological polar surface area (TPSA) is 101 Å². The number of benzene rings is 1. The Morgan fingerprint density at radius 3 is 2.70 bits per heavy atom. The second-order valence-corrected chi connectivity index (χ2v) is 9.36. The predicted octanol–water partition coefficient (Wildman–Crippen LogP) is 4.54. The summed E-state index contributed by atoms with van der Waals surface area (Å²) in [5.41, 5.74) is 2.58. The largest absolute Gasteiger partial charge is 0.618 e. The van der Waals surface area contributed by atoms with Gasteiger partial charge in [-0.2, -0.15) is 18.9 Å². The summed E-state index contributed by atoms with van der Waals surface area (Å²) in [6.07, 6.45) is 10.4. The second kappa shape index (κ2) is 9.32.